The highest BCUT2D eigenvalue weighted by Gasteiger charge is 2.25. The summed E-state index contributed by atoms with van der Waals surface area (Å²) in [5.74, 6) is 0.395. The number of aryl methyl sites for hydroxylation is 3. The summed E-state index contributed by atoms with van der Waals surface area (Å²) in [6.45, 7) is 8.91. The van der Waals surface area contributed by atoms with Crippen LogP contribution in [0.15, 0.2) is 48.7 Å². The molecule has 0 aliphatic rings. The maximum atomic E-state index is 14.8. The first-order chi connectivity index (χ1) is 14.8. The highest BCUT2D eigenvalue weighted by molar-refractivity contribution is 6.26. The third kappa shape index (κ3) is 2.40. The maximum absolute atomic E-state index is 14.8. The smallest absolute Gasteiger partial charge is 0.224 e. The second-order valence-corrected chi connectivity index (χ2v) is 9.54. The van der Waals surface area contributed by atoms with Crippen molar-refractivity contribution in [3.8, 4) is 0 Å². The number of halogens is 1. The lowest BCUT2D eigenvalue weighted by Gasteiger charge is -2.14. The summed E-state index contributed by atoms with van der Waals surface area (Å²) in [6, 6.07) is 14.5. The zero-order valence-corrected chi connectivity index (χ0v) is 18.7. The Labute approximate surface area is 180 Å². The summed E-state index contributed by atoms with van der Waals surface area (Å²) in [6.07, 6.45) is 3.08. The molecule has 0 saturated heterocycles. The molecule has 6 rings (SSSR count). The van der Waals surface area contributed by atoms with Crippen LogP contribution in [0.5, 0.6) is 0 Å². The number of aromatic nitrogens is 2. The highest BCUT2D eigenvalue weighted by atomic mass is 19.1. The lowest BCUT2D eigenvalue weighted by atomic mass is 9.96. The van der Waals surface area contributed by atoms with Crippen LogP contribution in [0.1, 0.15) is 30.5 Å². The van der Waals surface area contributed by atoms with Crippen LogP contribution in [-0.2, 0) is 13.5 Å². The molecule has 0 aliphatic carbocycles. The maximum Gasteiger partial charge on any atom is 0.224 e. The average molecular weight is 410 g/mol. The Morgan fingerprint density at radius 2 is 1.74 bits per heavy atom. The normalized spacial score (nSPS) is 12.6. The van der Waals surface area contributed by atoms with Crippen molar-refractivity contribution in [2.45, 2.75) is 34.1 Å². The number of hydrogen-bond donors (Lipinski definition) is 0. The fourth-order valence-electron chi connectivity index (χ4n) is 5.51. The van der Waals surface area contributed by atoms with Gasteiger partial charge < -0.3 is 4.40 Å². The fourth-order valence-corrected chi connectivity index (χ4v) is 5.51. The third-order valence-corrected chi connectivity index (χ3v) is 6.94. The van der Waals surface area contributed by atoms with Gasteiger partial charge in [-0.3, -0.25) is 0 Å². The lowest BCUT2D eigenvalue weighted by Crippen LogP contribution is -2.29. The quantitative estimate of drug-likeness (QED) is 0.169. The van der Waals surface area contributed by atoms with Crippen LogP contribution in [0.3, 0.4) is 0 Å². The van der Waals surface area contributed by atoms with Gasteiger partial charge in [0.25, 0.3) is 0 Å². The van der Waals surface area contributed by atoms with E-state index in [1.165, 1.54) is 49.4 Å². The van der Waals surface area contributed by atoms with Crippen LogP contribution in [0.2, 0.25) is 0 Å². The Morgan fingerprint density at radius 3 is 2.52 bits per heavy atom. The van der Waals surface area contributed by atoms with Crippen molar-refractivity contribution < 1.29 is 8.96 Å². The standard InChI is InChI=1S/C28H26FN2/c1-15(2)10-18-6-7-21-22-11-16(3)17(4)25-27(22)31(23(21)12-18)24-14-20(29)13-19-8-9-30(5)28(25)26(19)24/h6-9,11-15H,10H2,1-5H3/q+1. The Kier molecular flexibility index (Phi) is 3.69. The Balaban J connectivity index is 2.00. The SMILES string of the molecule is Cc1cc2c3ccc(CC(C)C)cc3n3c4cc(F)cc5cc[n+](C)c(c(c1C)c23)c54. The van der Waals surface area contributed by atoms with Gasteiger partial charge in [0, 0.05) is 16.8 Å². The van der Waals surface area contributed by atoms with Gasteiger partial charge in [-0.15, -0.1) is 0 Å². The molecule has 3 aromatic carbocycles. The first-order valence-electron chi connectivity index (χ1n) is 11.0. The third-order valence-electron chi connectivity index (χ3n) is 6.94. The molecule has 3 heteroatoms. The molecule has 0 atom stereocenters. The second-order valence-electron chi connectivity index (χ2n) is 9.54. The van der Waals surface area contributed by atoms with E-state index in [9.17, 15) is 4.39 Å². The van der Waals surface area contributed by atoms with Gasteiger partial charge in [-0.2, -0.15) is 0 Å². The molecular formula is C28H26FN2+. The van der Waals surface area contributed by atoms with E-state index in [-0.39, 0.29) is 5.82 Å². The summed E-state index contributed by atoms with van der Waals surface area (Å²) >= 11 is 0. The summed E-state index contributed by atoms with van der Waals surface area (Å²) in [5.41, 5.74) is 8.39. The first kappa shape index (κ1) is 18.6. The Morgan fingerprint density at radius 1 is 0.935 bits per heavy atom. The van der Waals surface area contributed by atoms with Gasteiger partial charge in [0.05, 0.1) is 27.3 Å². The lowest BCUT2D eigenvalue weighted by molar-refractivity contribution is -0.643. The Hall–Kier alpha value is -3.20. The van der Waals surface area contributed by atoms with Crippen molar-refractivity contribution in [3.05, 3.63) is 71.2 Å². The topological polar surface area (TPSA) is 8.29 Å². The monoisotopic (exact) mass is 409 g/mol. The molecular weight excluding hydrogens is 383 g/mol. The second kappa shape index (κ2) is 6.16. The summed E-state index contributed by atoms with van der Waals surface area (Å²) in [7, 11) is 2.09. The summed E-state index contributed by atoms with van der Waals surface area (Å²) in [5, 5.41) is 5.82. The van der Waals surface area contributed by atoms with Crippen LogP contribution in [-0.4, -0.2) is 4.40 Å². The Bertz CT molecular complexity index is 1670. The predicted octanol–water partition coefficient (Wildman–Crippen LogP) is 6.77. The molecule has 0 unspecified atom stereocenters. The number of pyridine rings is 2. The van der Waals surface area contributed by atoms with Gasteiger partial charge in [-0.1, -0.05) is 26.0 Å². The molecule has 154 valence electrons. The number of rotatable bonds is 2. The molecule has 2 nitrogen and oxygen atoms in total. The minimum Gasteiger partial charge on any atom is -0.307 e. The molecule has 6 aromatic rings. The molecule has 0 radical (unpaired) electrons. The molecule has 3 heterocycles. The predicted molar refractivity (Wildman–Crippen MR) is 128 cm³/mol. The molecule has 0 fully saturated rings. The largest absolute Gasteiger partial charge is 0.307 e. The van der Waals surface area contributed by atoms with E-state index in [1.807, 2.05) is 12.3 Å². The molecule has 31 heavy (non-hydrogen) atoms. The van der Waals surface area contributed by atoms with Crippen LogP contribution in [0, 0.1) is 25.6 Å². The number of hydrogen-bond acceptors (Lipinski definition) is 0. The average Bonchev–Trinajstić information content (AvgIpc) is 3.02. The van der Waals surface area contributed by atoms with Crippen molar-refractivity contribution >= 4 is 49.0 Å². The van der Waals surface area contributed by atoms with Crippen molar-refractivity contribution in [1.29, 1.82) is 0 Å². The molecule has 3 aromatic heterocycles. The molecule has 0 saturated carbocycles. The molecule has 0 spiro atoms. The van der Waals surface area contributed by atoms with Gasteiger partial charge in [0.2, 0.25) is 5.52 Å². The summed E-state index contributed by atoms with van der Waals surface area (Å²) in [4.78, 5) is 0. The zero-order valence-electron chi connectivity index (χ0n) is 18.7. The van der Waals surface area contributed by atoms with Gasteiger partial charge in [-0.05, 0) is 72.5 Å². The number of benzene rings is 3. The number of fused-ring (bicyclic) bond motifs is 5. The highest BCUT2D eigenvalue weighted by Crippen LogP contribution is 2.42. The van der Waals surface area contributed by atoms with E-state index >= 15 is 0 Å². The van der Waals surface area contributed by atoms with Crippen LogP contribution in [0.25, 0.3) is 49.0 Å². The van der Waals surface area contributed by atoms with Gasteiger partial charge in [-0.25, -0.2) is 8.96 Å². The summed E-state index contributed by atoms with van der Waals surface area (Å²) < 4.78 is 19.3. The number of nitrogens with zero attached hydrogens (tertiary/aromatic N) is 2. The van der Waals surface area contributed by atoms with Gasteiger partial charge in [0.15, 0.2) is 6.20 Å². The minimum atomic E-state index is -0.192. The van der Waals surface area contributed by atoms with Crippen molar-refractivity contribution in [2.24, 2.45) is 13.0 Å². The van der Waals surface area contributed by atoms with E-state index in [4.69, 9.17) is 0 Å². The van der Waals surface area contributed by atoms with E-state index in [0.717, 1.165) is 22.7 Å². The van der Waals surface area contributed by atoms with E-state index in [2.05, 4.69) is 68.0 Å². The fraction of sp³-hybridized carbons (Fsp3) is 0.250. The zero-order chi connectivity index (χ0) is 21.6. The van der Waals surface area contributed by atoms with Crippen LogP contribution in [0.4, 0.5) is 4.39 Å². The van der Waals surface area contributed by atoms with Gasteiger partial charge in [0.1, 0.15) is 12.9 Å². The van der Waals surface area contributed by atoms with E-state index in [0.29, 0.717) is 5.92 Å². The van der Waals surface area contributed by atoms with Crippen molar-refractivity contribution in [1.82, 2.24) is 4.40 Å². The molecule has 0 amide bonds. The minimum absolute atomic E-state index is 0.192. The van der Waals surface area contributed by atoms with Crippen molar-refractivity contribution in [3.63, 3.8) is 0 Å². The van der Waals surface area contributed by atoms with Crippen LogP contribution >= 0.6 is 0 Å². The van der Waals surface area contributed by atoms with Gasteiger partial charge >= 0.3 is 0 Å². The van der Waals surface area contributed by atoms with Crippen molar-refractivity contribution in [2.75, 3.05) is 0 Å². The van der Waals surface area contributed by atoms with Crippen LogP contribution < -0.4 is 4.57 Å². The first-order valence-corrected chi connectivity index (χ1v) is 11.0. The van der Waals surface area contributed by atoms with E-state index in [1.54, 1.807) is 12.1 Å². The van der Waals surface area contributed by atoms with E-state index < -0.39 is 0 Å². The molecule has 0 bridgehead atoms. The molecule has 0 N–H and O–H groups in total. The molecule has 0 aliphatic heterocycles.